The number of aromatic nitrogens is 1. The molecule has 8 heteroatoms. The third kappa shape index (κ3) is 4.52. The van der Waals surface area contributed by atoms with E-state index >= 15 is 0 Å². The Morgan fingerprint density at radius 1 is 1.03 bits per heavy atom. The molecule has 0 aliphatic carbocycles. The Morgan fingerprint density at radius 2 is 1.77 bits per heavy atom. The van der Waals surface area contributed by atoms with Crippen molar-refractivity contribution in [3.8, 4) is 0 Å². The first-order valence-electron chi connectivity index (χ1n) is 9.93. The minimum Gasteiger partial charge on any atom is -0.368 e. The number of carbonyl (C=O) groups excluding carboxylic acids is 2. The number of benzene rings is 2. The number of hydrogen-bond acceptors (Lipinski definition) is 3. The van der Waals surface area contributed by atoms with Crippen LogP contribution >= 0.6 is 11.6 Å². The van der Waals surface area contributed by atoms with Gasteiger partial charge in [0.15, 0.2) is 0 Å². The molecule has 0 bridgehead atoms. The Bertz CT molecular complexity index is 1040. The van der Waals surface area contributed by atoms with Crippen molar-refractivity contribution in [2.75, 3.05) is 36.4 Å². The highest BCUT2D eigenvalue weighted by atomic mass is 35.5. The molecular weight excluding hydrogens is 402 g/mol. The van der Waals surface area contributed by atoms with Crippen LogP contribution in [-0.4, -0.2) is 54.0 Å². The predicted octanol–water partition coefficient (Wildman–Crippen LogP) is 3.68. The van der Waals surface area contributed by atoms with E-state index in [0.717, 1.165) is 29.7 Å². The average molecular weight is 426 g/mol. The lowest BCUT2D eigenvalue weighted by atomic mass is 10.2. The van der Waals surface area contributed by atoms with E-state index in [0.29, 0.717) is 23.8 Å². The quantitative estimate of drug-likeness (QED) is 0.596. The second-order valence-corrected chi connectivity index (χ2v) is 7.83. The largest absolute Gasteiger partial charge is 0.368 e. The summed E-state index contributed by atoms with van der Waals surface area (Å²) in [6, 6.07) is 14.4. The van der Waals surface area contributed by atoms with Gasteiger partial charge in [0.05, 0.1) is 0 Å². The first kappa shape index (κ1) is 20.1. The fourth-order valence-electron chi connectivity index (χ4n) is 3.54. The Hall–Kier alpha value is -3.19. The first-order chi connectivity index (χ1) is 14.5. The van der Waals surface area contributed by atoms with E-state index in [1.165, 1.54) is 0 Å². The van der Waals surface area contributed by atoms with Crippen molar-refractivity contribution < 1.29 is 9.59 Å². The molecule has 1 aliphatic rings. The number of urea groups is 1. The summed E-state index contributed by atoms with van der Waals surface area (Å²) in [5, 5.41) is 7.38. The summed E-state index contributed by atoms with van der Waals surface area (Å²) >= 11 is 5.95. The second-order valence-electron chi connectivity index (χ2n) is 7.39. The SMILES string of the molecule is C[C@H](NC(=O)N1CCN(c2ccc(Cl)cc2)CC1)C(=O)Nc1ccc2[nH]ccc2c1. The fourth-order valence-corrected chi connectivity index (χ4v) is 3.67. The van der Waals surface area contributed by atoms with E-state index in [2.05, 4.69) is 20.5 Å². The van der Waals surface area contributed by atoms with E-state index in [1.54, 1.807) is 11.8 Å². The molecule has 4 rings (SSSR count). The van der Waals surface area contributed by atoms with Crippen molar-refractivity contribution in [1.82, 2.24) is 15.2 Å². The summed E-state index contributed by atoms with van der Waals surface area (Å²) in [5.74, 6) is -0.252. The maximum atomic E-state index is 12.6. The molecule has 7 nitrogen and oxygen atoms in total. The van der Waals surface area contributed by atoms with Gasteiger partial charge in [0.2, 0.25) is 5.91 Å². The van der Waals surface area contributed by atoms with E-state index in [-0.39, 0.29) is 11.9 Å². The normalized spacial score (nSPS) is 15.1. The lowest BCUT2D eigenvalue weighted by Gasteiger charge is -2.36. The highest BCUT2D eigenvalue weighted by Gasteiger charge is 2.24. The van der Waals surface area contributed by atoms with Crippen molar-refractivity contribution in [2.45, 2.75) is 13.0 Å². The Labute approximate surface area is 180 Å². The number of fused-ring (bicyclic) bond motifs is 1. The van der Waals surface area contributed by atoms with Crippen LogP contribution in [0.3, 0.4) is 0 Å². The van der Waals surface area contributed by atoms with Gasteiger partial charge in [-0.2, -0.15) is 0 Å². The van der Waals surface area contributed by atoms with Gasteiger partial charge in [-0.1, -0.05) is 11.6 Å². The monoisotopic (exact) mass is 425 g/mol. The summed E-state index contributed by atoms with van der Waals surface area (Å²) < 4.78 is 0. The molecule has 1 saturated heterocycles. The van der Waals surface area contributed by atoms with Crippen LogP contribution in [0.1, 0.15) is 6.92 Å². The summed E-state index contributed by atoms with van der Waals surface area (Å²) in [5.41, 5.74) is 2.79. The van der Waals surface area contributed by atoms with E-state index in [1.807, 2.05) is 54.7 Å². The average Bonchev–Trinajstić information content (AvgIpc) is 3.22. The number of aromatic amines is 1. The number of nitrogens with one attached hydrogen (secondary N) is 3. The molecule has 3 amide bonds. The number of anilines is 2. The molecular formula is C22H24ClN5O2. The van der Waals surface area contributed by atoms with Gasteiger partial charge < -0.3 is 25.4 Å². The number of hydrogen-bond donors (Lipinski definition) is 3. The zero-order chi connectivity index (χ0) is 21.1. The van der Waals surface area contributed by atoms with Crippen LogP contribution in [0.25, 0.3) is 10.9 Å². The third-order valence-corrected chi connectivity index (χ3v) is 5.56. The van der Waals surface area contributed by atoms with Gasteiger partial charge in [0, 0.05) is 59.7 Å². The van der Waals surface area contributed by atoms with Crippen LogP contribution in [-0.2, 0) is 4.79 Å². The third-order valence-electron chi connectivity index (χ3n) is 5.31. The van der Waals surface area contributed by atoms with Gasteiger partial charge in [-0.3, -0.25) is 4.79 Å². The van der Waals surface area contributed by atoms with Gasteiger partial charge in [-0.25, -0.2) is 4.79 Å². The number of piperazine rings is 1. The zero-order valence-electron chi connectivity index (χ0n) is 16.7. The summed E-state index contributed by atoms with van der Waals surface area (Å²) in [7, 11) is 0. The Morgan fingerprint density at radius 3 is 2.50 bits per heavy atom. The molecule has 1 aromatic heterocycles. The van der Waals surface area contributed by atoms with Crippen LogP contribution in [0.5, 0.6) is 0 Å². The van der Waals surface area contributed by atoms with E-state index in [9.17, 15) is 9.59 Å². The smallest absolute Gasteiger partial charge is 0.318 e. The van der Waals surface area contributed by atoms with Crippen molar-refractivity contribution >= 4 is 45.8 Å². The van der Waals surface area contributed by atoms with Crippen LogP contribution in [0.4, 0.5) is 16.2 Å². The second kappa shape index (κ2) is 8.67. The standard InChI is InChI=1S/C22H24ClN5O2/c1-15(21(29)26-18-4-7-20-16(14-18)8-9-24-20)25-22(30)28-12-10-27(11-13-28)19-5-2-17(23)3-6-19/h2-9,14-15,24H,10-13H2,1H3,(H,25,30)(H,26,29)/t15-/m0/s1. The molecule has 156 valence electrons. The minimum atomic E-state index is -0.645. The molecule has 0 saturated carbocycles. The zero-order valence-corrected chi connectivity index (χ0v) is 17.4. The van der Waals surface area contributed by atoms with Gasteiger partial charge in [-0.05, 0) is 55.5 Å². The molecule has 2 heterocycles. The summed E-state index contributed by atoms with van der Waals surface area (Å²) in [6.07, 6.45) is 1.85. The lowest BCUT2D eigenvalue weighted by Crippen LogP contribution is -2.54. The number of rotatable bonds is 4. The molecule has 0 radical (unpaired) electrons. The van der Waals surface area contributed by atoms with Gasteiger partial charge >= 0.3 is 6.03 Å². The summed E-state index contributed by atoms with van der Waals surface area (Å²) in [4.78, 5) is 32.2. The van der Waals surface area contributed by atoms with E-state index in [4.69, 9.17) is 11.6 Å². The van der Waals surface area contributed by atoms with Crippen LogP contribution < -0.4 is 15.5 Å². The fraction of sp³-hybridized carbons (Fsp3) is 0.273. The maximum absolute atomic E-state index is 12.6. The topological polar surface area (TPSA) is 80.5 Å². The number of nitrogens with zero attached hydrogens (tertiary/aromatic N) is 2. The van der Waals surface area contributed by atoms with Crippen LogP contribution in [0, 0.1) is 0 Å². The first-order valence-corrected chi connectivity index (χ1v) is 10.3. The molecule has 1 aliphatic heterocycles. The van der Waals surface area contributed by atoms with Crippen molar-refractivity contribution in [2.24, 2.45) is 0 Å². The molecule has 0 unspecified atom stereocenters. The molecule has 1 atom stereocenters. The maximum Gasteiger partial charge on any atom is 0.318 e. The lowest BCUT2D eigenvalue weighted by molar-refractivity contribution is -0.117. The number of amides is 3. The molecule has 3 N–H and O–H groups in total. The molecule has 0 spiro atoms. The minimum absolute atomic E-state index is 0.227. The number of H-pyrrole nitrogens is 1. The molecule has 30 heavy (non-hydrogen) atoms. The van der Waals surface area contributed by atoms with Crippen LogP contribution in [0.2, 0.25) is 5.02 Å². The molecule has 1 fully saturated rings. The highest BCUT2D eigenvalue weighted by Crippen LogP contribution is 2.20. The highest BCUT2D eigenvalue weighted by molar-refractivity contribution is 6.30. The van der Waals surface area contributed by atoms with Gasteiger partial charge in [-0.15, -0.1) is 0 Å². The number of halogens is 1. The Balaban J connectivity index is 1.27. The van der Waals surface area contributed by atoms with E-state index < -0.39 is 6.04 Å². The number of carbonyl (C=O) groups is 2. The van der Waals surface area contributed by atoms with Gasteiger partial charge in [0.1, 0.15) is 6.04 Å². The van der Waals surface area contributed by atoms with Crippen molar-refractivity contribution in [3.05, 3.63) is 59.8 Å². The predicted molar refractivity (Wildman–Crippen MR) is 120 cm³/mol. The van der Waals surface area contributed by atoms with Crippen LogP contribution in [0.15, 0.2) is 54.7 Å². The Kier molecular flexibility index (Phi) is 5.81. The summed E-state index contributed by atoms with van der Waals surface area (Å²) in [6.45, 7) is 4.32. The van der Waals surface area contributed by atoms with Crippen molar-refractivity contribution in [3.63, 3.8) is 0 Å². The molecule has 2 aromatic carbocycles. The van der Waals surface area contributed by atoms with Gasteiger partial charge in [0.25, 0.3) is 0 Å². The molecule has 3 aromatic rings. The van der Waals surface area contributed by atoms with Crippen molar-refractivity contribution in [1.29, 1.82) is 0 Å².